The van der Waals surface area contributed by atoms with Gasteiger partial charge < -0.3 is 5.32 Å². The lowest BCUT2D eigenvalue weighted by Crippen LogP contribution is -2.34. The number of halogens is 2. The molecule has 0 aromatic heterocycles. The van der Waals surface area contributed by atoms with Crippen LogP contribution < -0.4 is 5.32 Å². The first-order valence-electron chi connectivity index (χ1n) is 5.81. The van der Waals surface area contributed by atoms with Gasteiger partial charge in [0.1, 0.15) is 5.82 Å². The van der Waals surface area contributed by atoms with Crippen molar-refractivity contribution in [2.24, 2.45) is 5.92 Å². The van der Waals surface area contributed by atoms with E-state index in [1.165, 1.54) is 0 Å². The van der Waals surface area contributed by atoms with Crippen molar-refractivity contribution in [2.75, 3.05) is 7.05 Å². The summed E-state index contributed by atoms with van der Waals surface area (Å²) in [6.07, 6.45) is 0. The Morgan fingerprint density at radius 3 is 2.76 bits per heavy atom. The van der Waals surface area contributed by atoms with Crippen molar-refractivity contribution in [3.8, 4) is 0 Å². The largest absolute Gasteiger partial charge is 0.312 e. The van der Waals surface area contributed by atoms with Crippen molar-refractivity contribution >= 4 is 27.7 Å². The average Bonchev–Trinajstić information content (AvgIpc) is 2.26. The number of nitrogens with one attached hydrogen (secondary N) is 1. The Kier molecular flexibility index (Phi) is 4.16. The lowest BCUT2D eigenvalue weighted by Gasteiger charge is -2.35. The van der Waals surface area contributed by atoms with E-state index in [1.807, 2.05) is 18.8 Å². The minimum absolute atomic E-state index is 0.0932. The first kappa shape index (κ1) is 13.4. The number of rotatable bonds is 2. The Morgan fingerprint density at radius 1 is 1.47 bits per heavy atom. The summed E-state index contributed by atoms with van der Waals surface area (Å²) in [5, 5.41) is 3.84. The molecule has 0 saturated heterocycles. The first-order chi connectivity index (χ1) is 8.04. The van der Waals surface area contributed by atoms with E-state index in [0.717, 1.165) is 21.4 Å². The molecule has 1 aromatic carbocycles. The van der Waals surface area contributed by atoms with E-state index in [-0.39, 0.29) is 11.9 Å². The Hall–Kier alpha value is -0.0600. The molecule has 0 amide bonds. The molecule has 0 fully saturated rings. The summed E-state index contributed by atoms with van der Waals surface area (Å²) >= 11 is 5.23. The summed E-state index contributed by atoms with van der Waals surface area (Å²) in [4.78, 5) is 0. The van der Waals surface area contributed by atoms with Crippen molar-refractivity contribution in [2.45, 2.75) is 30.9 Å². The molecule has 2 rings (SSSR count). The summed E-state index contributed by atoms with van der Waals surface area (Å²) in [6.45, 7) is 4.45. The molecule has 94 valence electrons. The van der Waals surface area contributed by atoms with Crippen molar-refractivity contribution in [1.82, 2.24) is 5.32 Å². The minimum atomic E-state index is -0.0932. The van der Waals surface area contributed by atoms with E-state index in [0.29, 0.717) is 11.2 Å². The highest BCUT2D eigenvalue weighted by Gasteiger charge is 2.32. The Labute approximate surface area is 115 Å². The molecule has 1 aliphatic rings. The fourth-order valence-electron chi connectivity index (χ4n) is 2.40. The second-order valence-electron chi connectivity index (χ2n) is 4.74. The molecule has 17 heavy (non-hydrogen) atoms. The third-order valence-electron chi connectivity index (χ3n) is 3.25. The third-order valence-corrected chi connectivity index (χ3v) is 5.36. The van der Waals surface area contributed by atoms with Crippen LogP contribution in [0.5, 0.6) is 0 Å². The van der Waals surface area contributed by atoms with E-state index in [1.54, 1.807) is 6.07 Å². The van der Waals surface area contributed by atoms with Crippen LogP contribution in [0.15, 0.2) is 16.6 Å². The summed E-state index contributed by atoms with van der Waals surface area (Å²) < 4.78 is 14.7. The van der Waals surface area contributed by atoms with Crippen molar-refractivity contribution in [1.29, 1.82) is 0 Å². The Bertz CT molecular complexity index is 422. The quantitative estimate of drug-likeness (QED) is 0.880. The Balaban J connectivity index is 2.47. The molecule has 0 spiro atoms. The standard InChI is InChI=1S/C13H17BrFNS/c1-7(2)13-12(16-3)9-4-8(14)5-11(15)10(9)6-17-13/h4-5,7,12-13,16H,6H2,1-3H3. The Morgan fingerprint density at radius 2 is 2.18 bits per heavy atom. The van der Waals surface area contributed by atoms with Gasteiger partial charge >= 0.3 is 0 Å². The predicted molar refractivity (Wildman–Crippen MR) is 75.8 cm³/mol. The summed E-state index contributed by atoms with van der Waals surface area (Å²) in [5.41, 5.74) is 1.96. The van der Waals surface area contributed by atoms with Crippen LogP contribution in [0.4, 0.5) is 4.39 Å². The van der Waals surface area contributed by atoms with Crippen LogP contribution in [0.2, 0.25) is 0 Å². The van der Waals surface area contributed by atoms with Gasteiger partial charge in [-0.05, 0) is 30.7 Å². The molecular weight excluding hydrogens is 301 g/mol. The second-order valence-corrected chi connectivity index (χ2v) is 6.82. The summed E-state index contributed by atoms with van der Waals surface area (Å²) in [6, 6.07) is 3.84. The van der Waals surface area contributed by atoms with Crippen LogP contribution in [-0.4, -0.2) is 12.3 Å². The molecule has 1 aliphatic heterocycles. The van der Waals surface area contributed by atoms with Gasteiger partial charge in [-0.1, -0.05) is 29.8 Å². The zero-order valence-corrected chi connectivity index (χ0v) is 12.7. The minimum Gasteiger partial charge on any atom is -0.312 e. The first-order valence-corrected chi connectivity index (χ1v) is 7.65. The van der Waals surface area contributed by atoms with E-state index < -0.39 is 0 Å². The smallest absolute Gasteiger partial charge is 0.128 e. The molecule has 0 bridgehead atoms. The van der Waals surface area contributed by atoms with Gasteiger partial charge in [0.2, 0.25) is 0 Å². The van der Waals surface area contributed by atoms with Gasteiger partial charge in [-0.15, -0.1) is 0 Å². The maximum absolute atomic E-state index is 13.9. The van der Waals surface area contributed by atoms with E-state index in [4.69, 9.17) is 0 Å². The predicted octanol–water partition coefficient (Wildman–Crippen LogP) is 4.12. The highest BCUT2D eigenvalue weighted by Crippen LogP contribution is 2.42. The van der Waals surface area contributed by atoms with Gasteiger partial charge in [-0.2, -0.15) is 11.8 Å². The van der Waals surface area contributed by atoms with Gasteiger partial charge in [0, 0.05) is 27.1 Å². The molecule has 2 unspecified atom stereocenters. The van der Waals surface area contributed by atoms with Gasteiger partial charge in [0.05, 0.1) is 0 Å². The molecule has 0 radical (unpaired) electrons. The number of hydrogen-bond acceptors (Lipinski definition) is 2. The normalized spacial score (nSPS) is 23.9. The van der Waals surface area contributed by atoms with Gasteiger partial charge in [0.25, 0.3) is 0 Å². The van der Waals surface area contributed by atoms with Crippen LogP contribution in [0.25, 0.3) is 0 Å². The molecule has 1 nitrogen and oxygen atoms in total. The summed E-state index contributed by atoms with van der Waals surface area (Å²) in [5.74, 6) is 1.26. The molecular formula is C13H17BrFNS. The van der Waals surface area contributed by atoms with Crippen LogP contribution in [0.1, 0.15) is 31.0 Å². The topological polar surface area (TPSA) is 12.0 Å². The average molecular weight is 318 g/mol. The number of benzene rings is 1. The molecule has 4 heteroatoms. The molecule has 1 N–H and O–H groups in total. The second kappa shape index (κ2) is 5.29. The number of hydrogen-bond donors (Lipinski definition) is 1. The summed E-state index contributed by atoms with van der Waals surface area (Å²) in [7, 11) is 1.95. The number of thioether (sulfide) groups is 1. The maximum atomic E-state index is 13.9. The highest BCUT2D eigenvalue weighted by molar-refractivity contribution is 9.10. The lowest BCUT2D eigenvalue weighted by atomic mass is 9.92. The fourth-order valence-corrected chi connectivity index (χ4v) is 4.37. The van der Waals surface area contributed by atoms with Gasteiger partial charge in [-0.3, -0.25) is 0 Å². The SMILES string of the molecule is CNC1c2cc(Br)cc(F)c2CSC1C(C)C. The zero-order valence-electron chi connectivity index (χ0n) is 10.3. The van der Waals surface area contributed by atoms with E-state index in [9.17, 15) is 4.39 Å². The van der Waals surface area contributed by atoms with Crippen LogP contribution in [-0.2, 0) is 5.75 Å². The molecule has 2 atom stereocenters. The van der Waals surface area contributed by atoms with Crippen molar-refractivity contribution < 1.29 is 4.39 Å². The fraction of sp³-hybridized carbons (Fsp3) is 0.538. The van der Waals surface area contributed by atoms with Crippen LogP contribution in [0, 0.1) is 11.7 Å². The van der Waals surface area contributed by atoms with Gasteiger partial charge in [-0.25, -0.2) is 4.39 Å². The number of fused-ring (bicyclic) bond motifs is 1. The van der Waals surface area contributed by atoms with Gasteiger partial charge in [0.15, 0.2) is 0 Å². The molecule has 1 heterocycles. The molecule has 0 aliphatic carbocycles. The van der Waals surface area contributed by atoms with Crippen LogP contribution in [0.3, 0.4) is 0 Å². The molecule has 1 aromatic rings. The lowest BCUT2D eigenvalue weighted by molar-refractivity contribution is 0.461. The third kappa shape index (κ3) is 2.54. The van der Waals surface area contributed by atoms with Crippen LogP contribution >= 0.6 is 27.7 Å². The maximum Gasteiger partial charge on any atom is 0.128 e. The zero-order chi connectivity index (χ0) is 12.6. The van der Waals surface area contributed by atoms with Crippen molar-refractivity contribution in [3.05, 3.63) is 33.5 Å². The highest BCUT2D eigenvalue weighted by atomic mass is 79.9. The van der Waals surface area contributed by atoms with E-state index in [2.05, 4.69) is 41.2 Å². The monoisotopic (exact) mass is 317 g/mol. The van der Waals surface area contributed by atoms with Crippen molar-refractivity contribution in [3.63, 3.8) is 0 Å². The van der Waals surface area contributed by atoms with E-state index >= 15 is 0 Å². The molecule has 0 saturated carbocycles.